The first-order valence-electron chi connectivity index (χ1n) is 7.64. The first-order chi connectivity index (χ1) is 12.6. The molecule has 136 valence electrons. The van der Waals surface area contributed by atoms with E-state index in [-0.39, 0.29) is 12.4 Å². The third-order valence-electron chi connectivity index (χ3n) is 3.51. The first kappa shape index (κ1) is 18.3. The van der Waals surface area contributed by atoms with Crippen LogP contribution in [0.2, 0.25) is 5.02 Å². The number of thioether (sulfide) groups is 1. The molecule has 0 spiro atoms. The van der Waals surface area contributed by atoms with Gasteiger partial charge in [0.05, 0.1) is 17.9 Å². The number of aromatic nitrogens is 3. The van der Waals surface area contributed by atoms with Crippen molar-refractivity contribution in [3.63, 3.8) is 0 Å². The van der Waals surface area contributed by atoms with E-state index in [1.54, 1.807) is 24.3 Å². The number of carbonyl (C=O) groups excluding carboxylic acids is 1. The van der Waals surface area contributed by atoms with Gasteiger partial charge in [0.1, 0.15) is 18.1 Å². The summed E-state index contributed by atoms with van der Waals surface area (Å²) in [4.78, 5) is 11.4. The molecule has 3 rings (SSSR count). The summed E-state index contributed by atoms with van der Waals surface area (Å²) in [5.74, 6) is 2.09. The maximum Gasteiger partial charge on any atom is 0.373 e. The summed E-state index contributed by atoms with van der Waals surface area (Å²) in [5.41, 5.74) is 0. The number of hydrogen-bond acceptors (Lipinski definition) is 7. The molecule has 9 heteroatoms. The maximum absolute atomic E-state index is 11.4. The molecule has 0 atom stereocenters. The second-order valence-corrected chi connectivity index (χ2v) is 6.57. The van der Waals surface area contributed by atoms with E-state index >= 15 is 0 Å². The van der Waals surface area contributed by atoms with Crippen LogP contribution in [-0.2, 0) is 24.1 Å². The molecule has 0 radical (unpaired) electrons. The van der Waals surface area contributed by atoms with Crippen LogP contribution in [0.3, 0.4) is 0 Å². The fourth-order valence-corrected chi connectivity index (χ4v) is 3.12. The molecule has 0 aliphatic carbocycles. The second-order valence-electron chi connectivity index (χ2n) is 5.22. The molecule has 1 aromatic carbocycles. The van der Waals surface area contributed by atoms with Gasteiger partial charge >= 0.3 is 5.97 Å². The summed E-state index contributed by atoms with van der Waals surface area (Å²) in [6.07, 6.45) is 0. The van der Waals surface area contributed by atoms with Gasteiger partial charge < -0.3 is 18.5 Å². The minimum absolute atomic E-state index is 0.176. The van der Waals surface area contributed by atoms with Crippen molar-refractivity contribution in [1.82, 2.24) is 14.8 Å². The molecule has 3 aromatic rings. The normalized spacial score (nSPS) is 10.7. The van der Waals surface area contributed by atoms with Gasteiger partial charge in [-0.2, -0.15) is 0 Å². The number of carbonyl (C=O) groups is 1. The second kappa shape index (κ2) is 8.29. The number of para-hydroxylation sites is 1. The van der Waals surface area contributed by atoms with E-state index in [4.69, 9.17) is 20.8 Å². The zero-order valence-corrected chi connectivity index (χ0v) is 15.7. The van der Waals surface area contributed by atoms with Gasteiger partial charge in [-0.05, 0) is 24.3 Å². The van der Waals surface area contributed by atoms with Crippen LogP contribution < -0.4 is 4.74 Å². The number of hydrogen-bond donors (Lipinski definition) is 0. The van der Waals surface area contributed by atoms with E-state index in [0.29, 0.717) is 33.3 Å². The third kappa shape index (κ3) is 4.20. The van der Waals surface area contributed by atoms with Gasteiger partial charge in [-0.1, -0.05) is 35.5 Å². The monoisotopic (exact) mass is 393 g/mol. The van der Waals surface area contributed by atoms with E-state index in [9.17, 15) is 4.79 Å². The van der Waals surface area contributed by atoms with E-state index in [1.165, 1.54) is 18.9 Å². The molecular weight excluding hydrogens is 378 g/mol. The Labute approximate surface area is 159 Å². The lowest BCUT2D eigenvalue weighted by molar-refractivity contribution is 0.0563. The SMILES string of the molecule is COC(=O)c1ccc(CSc2nnc(COc3ccccc3Cl)n2C)o1. The largest absolute Gasteiger partial charge is 0.484 e. The minimum atomic E-state index is -0.501. The molecule has 0 amide bonds. The number of furan rings is 1. The molecule has 26 heavy (non-hydrogen) atoms. The van der Waals surface area contributed by atoms with Gasteiger partial charge in [-0.15, -0.1) is 10.2 Å². The Kier molecular flexibility index (Phi) is 5.85. The number of benzene rings is 1. The highest BCUT2D eigenvalue weighted by Gasteiger charge is 2.14. The van der Waals surface area contributed by atoms with Gasteiger partial charge in [0.25, 0.3) is 0 Å². The molecule has 0 saturated carbocycles. The number of methoxy groups -OCH3 is 1. The number of halogens is 1. The fourth-order valence-electron chi connectivity index (χ4n) is 2.10. The molecule has 0 unspecified atom stereocenters. The Morgan fingerprint density at radius 3 is 2.85 bits per heavy atom. The highest BCUT2D eigenvalue weighted by molar-refractivity contribution is 7.98. The Morgan fingerprint density at radius 1 is 1.27 bits per heavy atom. The molecule has 2 heterocycles. The van der Waals surface area contributed by atoms with Gasteiger partial charge in [0, 0.05) is 7.05 Å². The molecule has 2 aromatic heterocycles. The van der Waals surface area contributed by atoms with Crippen molar-refractivity contribution in [2.24, 2.45) is 7.05 Å². The zero-order valence-electron chi connectivity index (χ0n) is 14.1. The lowest BCUT2D eigenvalue weighted by atomic mass is 10.3. The smallest absolute Gasteiger partial charge is 0.373 e. The van der Waals surface area contributed by atoms with Gasteiger partial charge in [-0.3, -0.25) is 0 Å². The molecule has 0 N–H and O–H groups in total. The Morgan fingerprint density at radius 2 is 2.08 bits per heavy atom. The predicted molar refractivity (Wildman–Crippen MR) is 96.4 cm³/mol. The minimum Gasteiger partial charge on any atom is -0.484 e. The number of esters is 1. The summed E-state index contributed by atoms with van der Waals surface area (Å²) in [6, 6.07) is 10.6. The number of rotatable bonds is 7. The van der Waals surface area contributed by atoms with Crippen molar-refractivity contribution in [2.45, 2.75) is 17.5 Å². The Bertz CT molecular complexity index is 909. The van der Waals surface area contributed by atoms with Gasteiger partial charge in [0.15, 0.2) is 11.0 Å². The Balaban J connectivity index is 1.59. The molecule has 7 nitrogen and oxygen atoms in total. The highest BCUT2D eigenvalue weighted by Crippen LogP contribution is 2.25. The van der Waals surface area contributed by atoms with Crippen LogP contribution in [0.4, 0.5) is 0 Å². The van der Waals surface area contributed by atoms with E-state index in [0.717, 1.165) is 0 Å². The summed E-state index contributed by atoms with van der Waals surface area (Å²) in [5, 5.41) is 9.54. The third-order valence-corrected chi connectivity index (χ3v) is 4.87. The van der Waals surface area contributed by atoms with Gasteiger partial charge in [0.2, 0.25) is 5.76 Å². The number of nitrogens with zero attached hydrogens (tertiary/aromatic N) is 3. The summed E-state index contributed by atoms with van der Waals surface area (Å²) < 4.78 is 17.6. The van der Waals surface area contributed by atoms with Crippen LogP contribution in [0, 0.1) is 0 Å². The average molecular weight is 394 g/mol. The molecule has 0 aliphatic rings. The van der Waals surface area contributed by atoms with Crippen molar-refractivity contribution in [3.05, 3.63) is 58.8 Å². The van der Waals surface area contributed by atoms with Crippen LogP contribution in [0.5, 0.6) is 5.75 Å². The van der Waals surface area contributed by atoms with Crippen molar-refractivity contribution >= 4 is 29.3 Å². The summed E-state index contributed by atoms with van der Waals surface area (Å²) in [6.45, 7) is 0.251. The predicted octanol–water partition coefficient (Wildman–Crippen LogP) is 3.72. The van der Waals surface area contributed by atoms with E-state index < -0.39 is 5.97 Å². The topological polar surface area (TPSA) is 79.4 Å². The van der Waals surface area contributed by atoms with Crippen LogP contribution in [-0.4, -0.2) is 27.8 Å². The van der Waals surface area contributed by atoms with Crippen molar-refractivity contribution in [2.75, 3.05) is 7.11 Å². The van der Waals surface area contributed by atoms with Gasteiger partial charge in [-0.25, -0.2) is 4.79 Å². The van der Waals surface area contributed by atoms with Crippen LogP contribution in [0.1, 0.15) is 22.1 Å². The van der Waals surface area contributed by atoms with Crippen LogP contribution >= 0.6 is 23.4 Å². The number of ether oxygens (including phenoxy) is 2. The fraction of sp³-hybridized carbons (Fsp3) is 0.235. The molecule has 0 bridgehead atoms. The first-order valence-corrected chi connectivity index (χ1v) is 9.00. The van der Waals surface area contributed by atoms with Crippen molar-refractivity contribution in [3.8, 4) is 5.75 Å². The molecule has 0 saturated heterocycles. The van der Waals surface area contributed by atoms with E-state index in [2.05, 4.69) is 14.9 Å². The van der Waals surface area contributed by atoms with Crippen molar-refractivity contribution < 1.29 is 18.7 Å². The summed E-state index contributed by atoms with van der Waals surface area (Å²) in [7, 11) is 3.17. The lowest BCUT2D eigenvalue weighted by Gasteiger charge is -2.07. The quantitative estimate of drug-likeness (QED) is 0.447. The van der Waals surface area contributed by atoms with E-state index in [1.807, 2.05) is 23.7 Å². The molecule has 0 aliphatic heterocycles. The maximum atomic E-state index is 11.4. The highest BCUT2D eigenvalue weighted by atomic mass is 35.5. The summed E-state index contributed by atoms with van der Waals surface area (Å²) >= 11 is 7.51. The molecular formula is C17H16ClN3O4S. The lowest BCUT2D eigenvalue weighted by Crippen LogP contribution is -2.04. The van der Waals surface area contributed by atoms with Crippen LogP contribution in [0.25, 0.3) is 0 Å². The van der Waals surface area contributed by atoms with Crippen molar-refractivity contribution in [1.29, 1.82) is 0 Å². The zero-order chi connectivity index (χ0) is 18.5. The van der Waals surface area contributed by atoms with Crippen LogP contribution in [0.15, 0.2) is 46.0 Å². The standard InChI is InChI=1S/C17H16ClN3O4S/c1-21-15(9-24-13-6-4-3-5-12(13)18)19-20-17(21)26-10-11-7-8-14(25-11)16(22)23-2/h3-8H,9-10H2,1-2H3. The molecule has 0 fully saturated rings. The average Bonchev–Trinajstić information content (AvgIpc) is 3.26. The Hall–Kier alpha value is -2.45.